The minimum absolute atomic E-state index is 0.00351. The third-order valence-electron chi connectivity index (χ3n) is 6.14. The average Bonchev–Trinajstić information content (AvgIpc) is 3.18. The maximum Gasteiger partial charge on any atom is 0.222 e. The molecule has 0 unspecified atom stereocenters. The third-order valence-corrected chi connectivity index (χ3v) is 6.38. The van der Waals surface area contributed by atoms with E-state index in [0.717, 1.165) is 31.2 Å². The average molecular weight is 416 g/mol. The molecule has 5 heteroatoms. The van der Waals surface area contributed by atoms with Crippen LogP contribution in [0, 0.1) is 17.8 Å². The summed E-state index contributed by atoms with van der Waals surface area (Å²) in [5, 5.41) is 11.1. The van der Waals surface area contributed by atoms with Crippen LogP contribution in [-0.4, -0.2) is 41.9 Å². The summed E-state index contributed by atoms with van der Waals surface area (Å²) in [6.45, 7) is 0. The first kappa shape index (κ1) is 21.8. The Balaban J connectivity index is 1.53. The van der Waals surface area contributed by atoms with Gasteiger partial charge in [0.2, 0.25) is 5.91 Å². The van der Waals surface area contributed by atoms with Crippen molar-refractivity contribution >= 4 is 29.4 Å². The summed E-state index contributed by atoms with van der Waals surface area (Å²) >= 11 is 6.00. The van der Waals surface area contributed by atoms with E-state index in [1.807, 2.05) is 18.2 Å². The summed E-state index contributed by atoms with van der Waals surface area (Å²) in [5.74, 6) is 0.315. The molecule has 0 bridgehead atoms. The van der Waals surface area contributed by atoms with E-state index in [-0.39, 0.29) is 29.4 Å². The number of unbranched alkanes of at least 4 members (excludes halogenated alkanes) is 1. The number of carbonyl (C=O) groups excluding carboxylic acids is 2. The fourth-order valence-electron chi connectivity index (χ4n) is 4.63. The van der Waals surface area contributed by atoms with Crippen LogP contribution in [0.3, 0.4) is 0 Å². The molecule has 29 heavy (non-hydrogen) atoms. The fourth-order valence-corrected chi connectivity index (χ4v) is 4.83. The molecule has 2 aliphatic carbocycles. The molecule has 1 fully saturated rings. The van der Waals surface area contributed by atoms with Gasteiger partial charge < -0.3 is 10.0 Å². The van der Waals surface area contributed by atoms with Crippen molar-refractivity contribution in [3.63, 3.8) is 0 Å². The fraction of sp³-hybridized carbons (Fsp3) is 0.500. The molecule has 1 aromatic rings. The number of halogens is 1. The van der Waals surface area contributed by atoms with Gasteiger partial charge in [-0.1, -0.05) is 41.5 Å². The van der Waals surface area contributed by atoms with Crippen molar-refractivity contribution in [2.75, 3.05) is 14.1 Å². The highest BCUT2D eigenvalue weighted by Crippen LogP contribution is 2.48. The standard InChI is InChI=1S/C24H30ClNO3/c1-26(2)23(29)9-4-3-6-17-12-18-15-22(28)24(20(18)14-17)21(27)11-10-16-7-5-8-19(25)13-16/h5,7-8,10-13,18,20,22,24,28H,3-4,6,9,14-15H2,1-2H3/t18-,20-,22+,24-/m0/s1. The van der Waals surface area contributed by atoms with Crippen molar-refractivity contribution in [2.45, 2.75) is 44.6 Å². The number of amides is 1. The first-order valence-corrected chi connectivity index (χ1v) is 10.8. The molecule has 0 heterocycles. The molecule has 1 N–H and O–H groups in total. The van der Waals surface area contributed by atoms with Crippen LogP contribution in [0.2, 0.25) is 5.02 Å². The second-order valence-electron chi connectivity index (χ2n) is 8.47. The molecule has 4 nitrogen and oxygen atoms in total. The minimum Gasteiger partial charge on any atom is -0.392 e. The Kier molecular flexibility index (Phi) is 7.31. The van der Waals surface area contributed by atoms with Crippen LogP contribution in [0.25, 0.3) is 6.08 Å². The number of allylic oxidation sites excluding steroid dienone is 3. The summed E-state index contributed by atoms with van der Waals surface area (Å²) in [5.41, 5.74) is 2.26. The van der Waals surface area contributed by atoms with Gasteiger partial charge in [-0.15, -0.1) is 0 Å². The van der Waals surface area contributed by atoms with Crippen molar-refractivity contribution in [2.24, 2.45) is 17.8 Å². The molecule has 0 spiro atoms. The number of hydrogen-bond donors (Lipinski definition) is 1. The van der Waals surface area contributed by atoms with Crippen molar-refractivity contribution in [3.05, 3.63) is 52.6 Å². The lowest BCUT2D eigenvalue weighted by Crippen LogP contribution is -2.27. The molecular weight excluding hydrogens is 386 g/mol. The highest BCUT2D eigenvalue weighted by molar-refractivity contribution is 6.30. The normalized spacial score (nSPS) is 25.9. The molecule has 2 aliphatic rings. The first-order chi connectivity index (χ1) is 13.8. The van der Waals surface area contributed by atoms with E-state index >= 15 is 0 Å². The number of ketones is 1. The highest BCUT2D eigenvalue weighted by atomic mass is 35.5. The number of aliphatic hydroxyl groups is 1. The zero-order chi connectivity index (χ0) is 21.0. The van der Waals surface area contributed by atoms with E-state index in [4.69, 9.17) is 11.6 Å². The van der Waals surface area contributed by atoms with Crippen LogP contribution < -0.4 is 0 Å². The quantitative estimate of drug-likeness (QED) is 0.386. The molecule has 3 rings (SSSR count). The van der Waals surface area contributed by atoms with Crippen LogP contribution >= 0.6 is 11.6 Å². The van der Waals surface area contributed by atoms with E-state index in [1.54, 1.807) is 37.2 Å². The van der Waals surface area contributed by atoms with Crippen LogP contribution in [0.15, 0.2) is 42.0 Å². The molecule has 0 saturated heterocycles. The smallest absolute Gasteiger partial charge is 0.222 e. The molecule has 0 radical (unpaired) electrons. The summed E-state index contributed by atoms with van der Waals surface area (Å²) < 4.78 is 0. The van der Waals surface area contributed by atoms with E-state index in [0.29, 0.717) is 17.9 Å². The van der Waals surface area contributed by atoms with Gasteiger partial charge in [0.1, 0.15) is 0 Å². The van der Waals surface area contributed by atoms with Gasteiger partial charge in [-0.3, -0.25) is 9.59 Å². The predicted octanol–water partition coefficient (Wildman–Crippen LogP) is 4.51. The lowest BCUT2D eigenvalue weighted by molar-refractivity contribution is -0.128. The second-order valence-corrected chi connectivity index (χ2v) is 8.91. The topological polar surface area (TPSA) is 57.6 Å². The SMILES string of the molecule is CN(C)C(=O)CCCCC1=C[C@H]2C[C@@H](O)[C@H](C(=O)C=Cc3cccc(Cl)c3)[C@H]2C1. The van der Waals surface area contributed by atoms with Gasteiger partial charge in [0, 0.05) is 25.5 Å². The number of aliphatic hydroxyl groups excluding tert-OH is 1. The Labute approximate surface area is 178 Å². The van der Waals surface area contributed by atoms with Crippen LogP contribution in [-0.2, 0) is 9.59 Å². The van der Waals surface area contributed by atoms with Gasteiger partial charge in [0.15, 0.2) is 5.78 Å². The number of rotatable bonds is 8. The monoisotopic (exact) mass is 415 g/mol. The van der Waals surface area contributed by atoms with Gasteiger partial charge in [0.25, 0.3) is 0 Å². The molecule has 1 aromatic carbocycles. The number of nitrogens with zero attached hydrogens (tertiary/aromatic N) is 1. The third kappa shape index (κ3) is 5.58. The summed E-state index contributed by atoms with van der Waals surface area (Å²) in [6.07, 6.45) is 10.0. The van der Waals surface area contributed by atoms with Crippen LogP contribution in [0.5, 0.6) is 0 Å². The molecule has 1 saturated carbocycles. The van der Waals surface area contributed by atoms with E-state index in [9.17, 15) is 14.7 Å². The summed E-state index contributed by atoms with van der Waals surface area (Å²) in [7, 11) is 3.57. The summed E-state index contributed by atoms with van der Waals surface area (Å²) in [6, 6.07) is 7.37. The highest BCUT2D eigenvalue weighted by Gasteiger charge is 2.47. The predicted molar refractivity (Wildman–Crippen MR) is 116 cm³/mol. The van der Waals surface area contributed by atoms with Crippen LogP contribution in [0.4, 0.5) is 0 Å². The molecule has 1 amide bonds. The van der Waals surface area contributed by atoms with Gasteiger partial charge in [0.05, 0.1) is 12.0 Å². The van der Waals surface area contributed by atoms with Crippen LogP contribution in [0.1, 0.15) is 44.1 Å². The number of carbonyl (C=O) groups is 2. The minimum atomic E-state index is -0.572. The van der Waals surface area contributed by atoms with Gasteiger partial charge in [-0.2, -0.15) is 0 Å². The Bertz CT molecular complexity index is 814. The Hall–Kier alpha value is -1.91. The molecular formula is C24H30ClNO3. The zero-order valence-electron chi connectivity index (χ0n) is 17.2. The summed E-state index contributed by atoms with van der Waals surface area (Å²) in [4.78, 5) is 26.1. The molecule has 156 valence electrons. The van der Waals surface area contributed by atoms with Crippen molar-refractivity contribution in [1.82, 2.24) is 4.90 Å². The van der Waals surface area contributed by atoms with Crippen molar-refractivity contribution in [1.29, 1.82) is 0 Å². The Morgan fingerprint density at radius 1 is 1.28 bits per heavy atom. The zero-order valence-corrected chi connectivity index (χ0v) is 17.9. The van der Waals surface area contributed by atoms with E-state index < -0.39 is 6.10 Å². The Morgan fingerprint density at radius 2 is 2.07 bits per heavy atom. The van der Waals surface area contributed by atoms with Crippen molar-refractivity contribution < 1.29 is 14.7 Å². The molecule has 0 aliphatic heterocycles. The molecule has 0 aromatic heterocycles. The maximum absolute atomic E-state index is 12.8. The molecule has 4 atom stereocenters. The van der Waals surface area contributed by atoms with Gasteiger partial charge >= 0.3 is 0 Å². The maximum atomic E-state index is 12.8. The number of hydrogen-bond acceptors (Lipinski definition) is 3. The van der Waals surface area contributed by atoms with Gasteiger partial charge in [-0.05, 0) is 67.7 Å². The number of fused-ring (bicyclic) bond motifs is 1. The van der Waals surface area contributed by atoms with Crippen molar-refractivity contribution in [3.8, 4) is 0 Å². The van der Waals surface area contributed by atoms with Gasteiger partial charge in [-0.25, -0.2) is 0 Å². The lowest BCUT2D eigenvalue weighted by Gasteiger charge is -2.19. The largest absolute Gasteiger partial charge is 0.392 e. The Morgan fingerprint density at radius 3 is 2.79 bits per heavy atom. The van der Waals surface area contributed by atoms with E-state index in [1.165, 1.54) is 5.57 Å². The second kappa shape index (κ2) is 9.73. The number of benzene rings is 1. The van der Waals surface area contributed by atoms with E-state index in [2.05, 4.69) is 6.08 Å². The first-order valence-electron chi connectivity index (χ1n) is 10.4. The lowest BCUT2D eigenvalue weighted by atomic mass is 9.86.